The molecule has 1 atom stereocenters. The molecule has 7 heteroatoms. The number of hydrogen-bond acceptors (Lipinski definition) is 3. The summed E-state index contributed by atoms with van der Waals surface area (Å²) >= 11 is 10.3. The molecule has 1 aromatic carbocycles. The van der Waals surface area contributed by atoms with E-state index in [0.29, 0.717) is 12.5 Å². The highest BCUT2D eigenvalue weighted by Gasteiger charge is 2.23. The zero-order valence-electron chi connectivity index (χ0n) is 10.7. The van der Waals surface area contributed by atoms with Gasteiger partial charge < -0.3 is 10.4 Å². The van der Waals surface area contributed by atoms with Gasteiger partial charge in [0.15, 0.2) is 0 Å². The molecule has 110 valence electrons. The lowest BCUT2D eigenvalue weighted by molar-refractivity contribution is -0.117. The van der Waals surface area contributed by atoms with E-state index >= 15 is 0 Å². The van der Waals surface area contributed by atoms with Crippen LogP contribution in [-0.2, 0) is 4.79 Å². The average Bonchev–Trinajstić information content (AvgIpc) is 2.81. The topological polar surface area (TPSA) is 52.6 Å². The van der Waals surface area contributed by atoms with Gasteiger partial charge in [0.05, 0.1) is 12.2 Å². The number of anilines is 1. The van der Waals surface area contributed by atoms with Crippen LogP contribution < -0.4 is 5.32 Å². The highest BCUT2D eigenvalue weighted by molar-refractivity contribution is 9.11. The van der Waals surface area contributed by atoms with Crippen molar-refractivity contribution in [1.82, 2.24) is 4.90 Å². The fourth-order valence-corrected chi connectivity index (χ4v) is 4.71. The van der Waals surface area contributed by atoms with E-state index in [1.54, 1.807) is 0 Å². The van der Waals surface area contributed by atoms with Gasteiger partial charge in [-0.05, 0) is 62.9 Å². The Bertz CT molecular complexity index is 487. The number of rotatable bonds is 4. The second-order valence-electron chi connectivity index (χ2n) is 4.87. The van der Waals surface area contributed by atoms with Crippen molar-refractivity contribution in [1.29, 1.82) is 0 Å². The fraction of sp³-hybridized carbons (Fsp3) is 0.462. The largest absolute Gasteiger partial charge is 0.396 e. The minimum atomic E-state index is -0.0488. The number of halogens is 3. The molecule has 0 saturated carbocycles. The summed E-state index contributed by atoms with van der Waals surface area (Å²) in [5, 5.41) is 12.0. The van der Waals surface area contributed by atoms with Crippen molar-refractivity contribution < 1.29 is 9.90 Å². The van der Waals surface area contributed by atoms with Crippen LogP contribution in [0.1, 0.15) is 6.42 Å². The Morgan fingerprint density at radius 1 is 1.35 bits per heavy atom. The van der Waals surface area contributed by atoms with Crippen LogP contribution in [0.15, 0.2) is 25.6 Å². The van der Waals surface area contributed by atoms with E-state index in [1.165, 1.54) is 0 Å². The van der Waals surface area contributed by atoms with Gasteiger partial charge in [0.25, 0.3) is 0 Å². The average molecular weight is 471 g/mol. The van der Waals surface area contributed by atoms with Crippen molar-refractivity contribution in [2.75, 3.05) is 31.6 Å². The van der Waals surface area contributed by atoms with E-state index in [9.17, 15) is 4.79 Å². The Kier molecular flexibility index (Phi) is 6.04. The maximum atomic E-state index is 12.1. The van der Waals surface area contributed by atoms with Gasteiger partial charge in [-0.15, -0.1) is 0 Å². The number of hydrogen-bond donors (Lipinski definition) is 2. The van der Waals surface area contributed by atoms with E-state index in [1.807, 2.05) is 12.1 Å². The van der Waals surface area contributed by atoms with E-state index < -0.39 is 0 Å². The number of aliphatic hydroxyl groups excluding tert-OH is 1. The summed E-state index contributed by atoms with van der Waals surface area (Å²) < 4.78 is 2.57. The molecule has 0 aromatic heterocycles. The Morgan fingerprint density at radius 3 is 2.55 bits per heavy atom. The van der Waals surface area contributed by atoms with E-state index in [4.69, 9.17) is 5.11 Å². The zero-order valence-corrected chi connectivity index (χ0v) is 15.5. The van der Waals surface area contributed by atoms with E-state index in [0.717, 1.165) is 38.6 Å². The first-order valence-electron chi connectivity index (χ1n) is 6.27. The predicted molar refractivity (Wildman–Crippen MR) is 89.8 cm³/mol. The van der Waals surface area contributed by atoms with Gasteiger partial charge in [0.2, 0.25) is 5.91 Å². The molecule has 0 aliphatic carbocycles. The van der Waals surface area contributed by atoms with Crippen LogP contribution in [-0.4, -0.2) is 42.2 Å². The Morgan fingerprint density at radius 2 is 2.00 bits per heavy atom. The minimum absolute atomic E-state index is 0.0488. The third kappa shape index (κ3) is 4.27. The summed E-state index contributed by atoms with van der Waals surface area (Å²) in [6, 6.07) is 3.77. The molecule has 1 aliphatic rings. The monoisotopic (exact) mass is 468 g/mol. The summed E-state index contributed by atoms with van der Waals surface area (Å²) in [5.74, 6) is 0.251. The molecule has 1 aromatic rings. The maximum absolute atomic E-state index is 12.1. The number of likely N-dealkylation sites (tertiary alicyclic amines) is 1. The first-order valence-corrected chi connectivity index (χ1v) is 8.65. The molecule has 1 heterocycles. The molecular weight excluding hydrogens is 456 g/mol. The molecule has 1 amide bonds. The van der Waals surface area contributed by atoms with Crippen LogP contribution >= 0.6 is 47.8 Å². The molecule has 1 saturated heterocycles. The summed E-state index contributed by atoms with van der Waals surface area (Å²) in [7, 11) is 0. The minimum Gasteiger partial charge on any atom is -0.396 e. The van der Waals surface area contributed by atoms with Crippen LogP contribution in [0.25, 0.3) is 0 Å². The summed E-state index contributed by atoms with van der Waals surface area (Å²) in [6.45, 7) is 2.20. The van der Waals surface area contributed by atoms with Gasteiger partial charge in [-0.1, -0.05) is 15.9 Å². The third-order valence-corrected chi connectivity index (χ3v) is 4.98. The van der Waals surface area contributed by atoms with Gasteiger partial charge in [-0.25, -0.2) is 0 Å². The lowest BCUT2D eigenvalue weighted by Gasteiger charge is -2.16. The van der Waals surface area contributed by atoms with Crippen LogP contribution in [0.3, 0.4) is 0 Å². The highest BCUT2D eigenvalue weighted by atomic mass is 79.9. The standard InChI is InChI=1S/C13H15Br3N2O2/c14-9-3-10(15)13(11(16)4-9)17-12(20)6-18-2-1-8(5-18)7-19/h3-4,8,19H,1-2,5-7H2,(H,17,20). The van der Waals surface area contributed by atoms with Crippen LogP contribution in [0, 0.1) is 5.92 Å². The number of nitrogens with one attached hydrogen (secondary N) is 1. The number of nitrogens with zero attached hydrogens (tertiary/aromatic N) is 1. The number of amides is 1. The molecule has 1 aliphatic heterocycles. The Labute approximate surface area is 143 Å². The summed E-state index contributed by atoms with van der Waals surface area (Å²) in [5.41, 5.74) is 0.733. The normalized spacial score (nSPS) is 19.3. The molecule has 20 heavy (non-hydrogen) atoms. The van der Waals surface area contributed by atoms with Crippen molar-refractivity contribution in [2.24, 2.45) is 5.92 Å². The molecule has 1 fully saturated rings. The van der Waals surface area contributed by atoms with E-state index in [-0.39, 0.29) is 12.5 Å². The molecule has 0 radical (unpaired) electrons. The fourth-order valence-electron chi connectivity index (χ4n) is 2.25. The van der Waals surface area contributed by atoms with Crippen molar-refractivity contribution in [2.45, 2.75) is 6.42 Å². The second kappa shape index (κ2) is 7.35. The predicted octanol–water partition coefficient (Wildman–Crippen LogP) is 3.23. The van der Waals surface area contributed by atoms with Crippen LogP contribution in [0.4, 0.5) is 5.69 Å². The highest BCUT2D eigenvalue weighted by Crippen LogP contribution is 2.34. The number of benzene rings is 1. The van der Waals surface area contributed by atoms with Gasteiger partial charge in [0.1, 0.15) is 0 Å². The second-order valence-corrected chi connectivity index (χ2v) is 7.49. The summed E-state index contributed by atoms with van der Waals surface area (Å²) in [4.78, 5) is 14.2. The molecule has 2 N–H and O–H groups in total. The van der Waals surface area contributed by atoms with Crippen molar-refractivity contribution >= 4 is 59.4 Å². The van der Waals surface area contributed by atoms with Gasteiger partial charge >= 0.3 is 0 Å². The van der Waals surface area contributed by atoms with Crippen molar-refractivity contribution in [3.05, 3.63) is 25.6 Å². The quantitative estimate of drug-likeness (QED) is 0.710. The number of aliphatic hydroxyl groups is 1. The van der Waals surface area contributed by atoms with Crippen LogP contribution in [0.5, 0.6) is 0 Å². The molecular formula is C13H15Br3N2O2. The third-order valence-electron chi connectivity index (χ3n) is 3.27. The SMILES string of the molecule is O=C(CN1CCC(CO)C1)Nc1c(Br)cc(Br)cc1Br. The van der Waals surface area contributed by atoms with Crippen LogP contribution in [0.2, 0.25) is 0 Å². The maximum Gasteiger partial charge on any atom is 0.238 e. The lowest BCUT2D eigenvalue weighted by atomic mass is 10.1. The summed E-state index contributed by atoms with van der Waals surface area (Å²) in [6.07, 6.45) is 0.954. The lowest BCUT2D eigenvalue weighted by Crippen LogP contribution is -2.32. The molecule has 4 nitrogen and oxygen atoms in total. The first-order chi connectivity index (χ1) is 9.49. The number of carbonyl (C=O) groups excluding carboxylic acids is 1. The van der Waals surface area contributed by atoms with Crippen molar-refractivity contribution in [3.63, 3.8) is 0 Å². The van der Waals surface area contributed by atoms with Gasteiger partial charge in [-0.3, -0.25) is 9.69 Å². The number of carbonyl (C=O) groups is 1. The molecule has 0 bridgehead atoms. The zero-order chi connectivity index (χ0) is 14.7. The van der Waals surface area contributed by atoms with Gasteiger partial charge in [-0.2, -0.15) is 0 Å². The Hall–Kier alpha value is 0.0500. The van der Waals surface area contributed by atoms with Gasteiger partial charge in [0, 0.05) is 26.6 Å². The van der Waals surface area contributed by atoms with E-state index in [2.05, 4.69) is 58.0 Å². The molecule has 1 unspecified atom stereocenters. The Balaban J connectivity index is 1.95. The molecule has 0 spiro atoms. The van der Waals surface area contributed by atoms with Crippen molar-refractivity contribution in [3.8, 4) is 0 Å². The molecule has 2 rings (SSSR count). The first kappa shape index (κ1) is 16.4. The smallest absolute Gasteiger partial charge is 0.238 e.